The van der Waals surface area contributed by atoms with E-state index < -0.39 is 12.3 Å². The molecule has 15 heavy (non-hydrogen) atoms. The Balaban J connectivity index is 0.00000112. The minimum Gasteiger partial charge on any atom is -0.383 e. The van der Waals surface area contributed by atoms with Crippen molar-refractivity contribution in [3.05, 3.63) is 0 Å². The molecule has 0 radical (unpaired) electrons. The lowest BCUT2D eigenvalue weighted by molar-refractivity contribution is -0.138. The van der Waals surface area contributed by atoms with Crippen molar-refractivity contribution < 1.29 is 14.3 Å². The molecule has 2 rings (SSSR count). The van der Waals surface area contributed by atoms with Gasteiger partial charge in [0.05, 0.1) is 6.04 Å². The van der Waals surface area contributed by atoms with Crippen molar-refractivity contribution in [2.45, 2.75) is 31.2 Å². The van der Waals surface area contributed by atoms with Crippen molar-refractivity contribution in [1.82, 2.24) is 10.2 Å². The molecule has 2 aliphatic heterocycles. The third-order valence-electron chi connectivity index (χ3n) is 2.99. The summed E-state index contributed by atoms with van der Waals surface area (Å²) in [6, 6.07) is -0.332. The van der Waals surface area contributed by atoms with Gasteiger partial charge in [0.1, 0.15) is 12.3 Å². The van der Waals surface area contributed by atoms with Crippen molar-refractivity contribution in [2.24, 2.45) is 0 Å². The average molecular weight is 239 g/mol. The number of hydrogen-bond acceptors (Lipinski definition) is 3. The molecule has 6 heteroatoms. The van der Waals surface area contributed by atoms with Crippen molar-refractivity contribution in [3.8, 4) is 0 Å². The second kappa shape index (κ2) is 5.09. The van der Waals surface area contributed by atoms with Gasteiger partial charge in [-0.15, -0.1) is 12.4 Å². The van der Waals surface area contributed by atoms with Crippen LogP contribution in [0.25, 0.3) is 0 Å². The molecule has 2 fully saturated rings. The maximum Gasteiger partial charge on any atom is 0.251 e. The van der Waals surface area contributed by atoms with E-state index >= 15 is 0 Å². The van der Waals surface area contributed by atoms with E-state index in [1.54, 1.807) is 0 Å². The molecule has 88 valence electrons. The number of nitrogens with zero attached hydrogens (tertiary/aromatic N) is 1. The van der Waals surface area contributed by atoms with E-state index in [1.165, 1.54) is 4.90 Å². The fraction of sp³-hybridized carbons (Fsp3) is 0.889. The summed E-state index contributed by atoms with van der Waals surface area (Å²) in [4.78, 5) is 12.9. The topological polar surface area (TPSA) is 52.6 Å². The number of amides is 1. The molecular weight excluding hydrogens is 223 g/mol. The average Bonchev–Trinajstić information content (AvgIpc) is 2.49. The number of rotatable bonds is 1. The molecular formula is C9H16ClFN2O2. The maximum absolute atomic E-state index is 13.5. The maximum atomic E-state index is 13.5. The molecule has 1 amide bonds. The Hall–Kier alpha value is -0.390. The van der Waals surface area contributed by atoms with Crippen LogP contribution in [-0.2, 0) is 4.79 Å². The van der Waals surface area contributed by atoms with Gasteiger partial charge in [-0.2, -0.15) is 0 Å². The van der Waals surface area contributed by atoms with E-state index in [0.717, 1.165) is 6.54 Å². The number of aliphatic hydroxyl groups excluding tert-OH is 1. The number of carbonyl (C=O) groups is 1. The molecule has 0 aromatic carbocycles. The van der Waals surface area contributed by atoms with Crippen LogP contribution in [0.15, 0.2) is 0 Å². The monoisotopic (exact) mass is 238 g/mol. The van der Waals surface area contributed by atoms with Crippen LogP contribution in [0.2, 0.25) is 0 Å². The zero-order valence-electron chi connectivity index (χ0n) is 8.36. The number of carbonyl (C=O) groups excluding carboxylic acids is 1. The molecule has 2 aliphatic rings. The summed E-state index contributed by atoms with van der Waals surface area (Å²) in [5, 5.41) is 12.2. The SMILES string of the molecule is Cl.O=C1[C@H](O)CCN1[C@H]1CCNC[C@H]1F. The lowest BCUT2D eigenvalue weighted by Gasteiger charge is -2.34. The zero-order valence-corrected chi connectivity index (χ0v) is 9.17. The van der Waals surface area contributed by atoms with Gasteiger partial charge in [0.15, 0.2) is 0 Å². The highest BCUT2D eigenvalue weighted by Gasteiger charge is 2.39. The first-order chi connectivity index (χ1) is 6.70. The van der Waals surface area contributed by atoms with Gasteiger partial charge in [0.25, 0.3) is 5.91 Å². The second-order valence-electron chi connectivity index (χ2n) is 3.91. The summed E-state index contributed by atoms with van der Waals surface area (Å²) in [6.45, 7) is 1.54. The molecule has 0 bridgehead atoms. The molecule has 4 nitrogen and oxygen atoms in total. The standard InChI is InChI=1S/C9H15FN2O2.ClH/c10-6-5-11-3-1-7(6)12-4-2-8(13)9(12)14;/h6-8,11,13H,1-5H2;1H/t6-,7+,8-;/m1./s1. The van der Waals surface area contributed by atoms with E-state index in [2.05, 4.69) is 5.32 Å². The first-order valence-electron chi connectivity index (χ1n) is 5.03. The Morgan fingerprint density at radius 3 is 2.73 bits per heavy atom. The van der Waals surface area contributed by atoms with Crippen molar-refractivity contribution in [3.63, 3.8) is 0 Å². The number of nitrogens with one attached hydrogen (secondary N) is 1. The molecule has 0 aromatic rings. The van der Waals surface area contributed by atoms with Crippen LogP contribution in [0.5, 0.6) is 0 Å². The largest absolute Gasteiger partial charge is 0.383 e. The molecule has 2 heterocycles. The highest BCUT2D eigenvalue weighted by Crippen LogP contribution is 2.21. The Kier molecular flexibility index (Phi) is 4.31. The van der Waals surface area contributed by atoms with Gasteiger partial charge in [0, 0.05) is 13.1 Å². The molecule has 0 aliphatic carbocycles. The Labute approximate surface area is 94.2 Å². The summed E-state index contributed by atoms with van der Waals surface area (Å²) >= 11 is 0. The van der Waals surface area contributed by atoms with Gasteiger partial charge in [0.2, 0.25) is 0 Å². The van der Waals surface area contributed by atoms with Crippen LogP contribution in [0.3, 0.4) is 0 Å². The normalized spacial score (nSPS) is 36.5. The number of piperidine rings is 1. The van der Waals surface area contributed by atoms with Gasteiger partial charge in [-0.1, -0.05) is 0 Å². The summed E-state index contributed by atoms with van der Waals surface area (Å²) in [6.07, 6.45) is -0.829. The van der Waals surface area contributed by atoms with Crippen molar-refractivity contribution in [1.29, 1.82) is 0 Å². The third kappa shape index (κ3) is 2.41. The first kappa shape index (κ1) is 12.7. The van der Waals surface area contributed by atoms with Crippen LogP contribution in [0.1, 0.15) is 12.8 Å². The van der Waals surface area contributed by atoms with Crippen LogP contribution >= 0.6 is 12.4 Å². The van der Waals surface area contributed by atoms with Crippen LogP contribution in [0, 0.1) is 0 Å². The van der Waals surface area contributed by atoms with Crippen LogP contribution in [0.4, 0.5) is 4.39 Å². The second-order valence-corrected chi connectivity index (χ2v) is 3.91. The Morgan fingerprint density at radius 2 is 2.20 bits per heavy atom. The van der Waals surface area contributed by atoms with E-state index in [0.29, 0.717) is 25.9 Å². The van der Waals surface area contributed by atoms with Gasteiger partial charge in [-0.25, -0.2) is 4.39 Å². The molecule has 2 saturated heterocycles. The molecule has 0 saturated carbocycles. The van der Waals surface area contributed by atoms with Gasteiger partial charge < -0.3 is 15.3 Å². The predicted octanol–water partition coefficient (Wildman–Crippen LogP) is -0.299. The van der Waals surface area contributed by atoms with Gasteiger partial charge in [-0.3, -0.25) is 4.79 Å². The lowest BCUT2D eigenvalue weighted by atomic mass is 10.0. The lowest BCUT2D eigenvalue weighted by Crippen LogP contribution is -2.52. The molecule has 0 aromatic heterocycles. The van der Waals surface area contributed by atoms with Crippen LogP contribution < -0.4 is 5.32 Å². The minimum absolute atomic E-state index is 0. The van der Waals surface area contributed by atoms with E-state index in [4.69, 9.17) is 0 Å². The predicted molar refractivity (Wildman–Crippen MR) is 55.8 cm³/mol. The third-order valence-corrected chi connectivity index (χ3v) is 2.99. The van der Waals surface area contributed by atoms with Gasteiger partial charge in [-0.05, 0) is 19.4 Å². The number of likely N-dealkylation sites (tertiary alicyclic amines) is 1. The quantitative estimate of drug-likeness (QED) is 0.660. The Bertz CT molecular complexity index is 242. The molecule has 0 spiro atoms. The fourth-order valence-corrected chi connectivity index (χ4v) is 2.17. The van der Waals surface area contributed by atoms with E-state index in [9.17, 15) is 14.3 Å². The van der Waals surface area contributed by atoms with E-state index in [-0.39, 0.29) is 24.4 Å². The Morgan fingerprint density at radius 1 is 1.47 bits per heavy atom. The van der Waals surface area contributed by atoms with Crippen molar-refractivity contribution >= 4 is 18.3 Å². The van der Waals surface area contributed by atoms with Gasteiger partial charge >= 0.3 is 0 Å². The highest BCUT2D eigenvalue weighted by atomic mass is 35.5. The number of aliphatic hydroxyl groups is 1. The highest BCUT2D eigenvalue weighted by molar-refractivity contribution is 5.85. The van der Waals surface area contributed by atoms with Crippen LogP contribution in [-0.4, -0.2) is 53.9 Å². The number of halogens is 2. The van der Waals surface area contributed by atoms with Crippen molar-refractivity contribution in [2.75, 3.05) is 19.6 Å². The summed E-state index contributed by atoms with van der Waals surface area (Å²) < 4.78 is 13.5. The molecule has 0 unspecified atom stereocenters. The zero-order chi connectivity index (χ0) is 10.1. The number of hydrogen-bond donors (Lipinski definition) is 2. The first-order valence-corrected chi connectivity index (χ1v) is 5.03. The summed E-state index contributed by atoms with van der Waals surface area (Å²) in [5.74, 6) is -0.306. The summed E-state index contributed by atoms with van der Waals surface area (Å²) in [5.41, 5.74) is 0. The smallest absolute Gasteiger partial charge is 0.251 e. The fourth-order valence-electron chi connectivity index (χ4n) is 2.17. The number of alkyl halides is 1. The summed E-state index contributed by atoms with van der Waals surface area (Å²) in [7, 11) is 0. The molecule has 2 N–H and O–H groups in total. The minimum atomic E-state index is -1.00. The molecule has 3 atom stereocenters. The van der Waals surface area contributed by atoms with E-state index in [1.807, 2.05) is 0 Å².